The largest absolute Gasteiger partial charge is 0.466 e. The van der Waals surface area contributed by atoms with Crippen LogP contribution in [0.25, 0.3) is 0 Å². The molecular formula is C14H19ClNO5P. The zero-order valence-corrected chi connectivity index (χ0v) is 14.8. The summed E-state index contributed by atoms with van der Waals surface area (Å²) in [6.45, 7) is 1.74. The summed E-state index contributed by atoms with van der Waals surface area (Å²) in [6, 6.07) is 0. The Morgan fingerprint density at radius 1 is 1.18 bits per heavy atom. The quantitative estimate of drug-likeness (QED) is 0.574. The van der Waals surface area contributed by atoms with E-state index < -0.39 is 30.8 Å². The molecule has 0 aromatic heterocycles. The van der Waals surface area contributed by atoms with Crippen LogP contribution in [0.1, 0.15) is 6.92 Å². The van der Waals surface area contributed by atoms with Gasteiger partial charge in [0, 0.05) is 17.1 Å². The maximum atomic E-state index is 13.4. The first-order valence-electron chi connectivity index (χ1n) is 6.74. The molecule has 3 atom stereocenters. The minimum atomic E-state index is -2.93. The molecule has 0 saturated heterocycles. The number of carbonyl (C=O) groups is 2. The van der Waals surface area contributed by atoms with Crippen molar-refractivity contribution in [3.8, 4) is 0 Å². The van der Waals surface area contributed by atoms with Gasteiger partial charge in [-0.3, -0.25) is 4.67 Å². The number of hydrogen-bond acceptors (Lipinski definition) is 5. The number of halogens is 1. The van der Waals surface area contributed by atoms with Gasteiger partial charge in [0.2, 0.25) is 0 Å². The third-order valence-corrected chi connectivity index (χ3v) is 8.60. The summed E-state index contributed by atoms with van der Waals surface area (Å²) in [5, 5.41) is 0.464. The third kappa shape index (κ3) is 2.25. The van der Waals surface area contributed by atoms with E-state index in [0.717, 1.165) is 0 Å². The topological polar surface area (TPSA) is 72.9 Å². The molecule has 0 N–H and O–H groups in total. The normalized spacial score (nSPS) is 30.9. The fraction of sp³-hybridized carbons (Fsp3) is 0.571. The Morgan fingerprint density at radius 2 is 1.68 bits per heavy atom. The highest BCUT2D eigenvalue weighted by Crippen LogP contribution is 2.67. The highest BCUT2D eigenvalue weighted by molar-refractivity contribution is 7.63. The average Bonchev–Trinajstić information content (AvgIpc) is 2.49. The summed E-state index contributed by atoms with van der Waals surface area (Å²) in [5.41, 5.74) is 0.206. The molecule has 2 aliphatic heterocycles. The van der Waals surface area contributed by atoms with Crippen LogP contribution in [0.3, 0.4) is 0 Å². The van der Waals surface area contributed by atoms with E-state index in [9.17, 15) is 14.2 Å². The van der Waals surface area contributed by atoms with Crippen LogP contribution >= 0.6 is 18.9 Å². The number of fused-ring (bicyclic) bond motifs is 1. The summed E-state index contributed by atoms with van der Waals surface area (Å²) >= 11 is 6.35. The van der Waals surface area contributed by atoms with E-state index in [2.05, 4.69) is 0 Å². The molecule has 2 bridgehead atoms. The predicted octanol–water partition coefficient (Wildman–Crippen LogP) is 1.99. The number of nitrogens with zero attached hydrogens (tertiary/aromatic N) is 1. The van der Waals surface area contributed by atoms with Gasteiger partial charge in [0.1, 0.15) is 0 Å². The van der Waals surface area contributed by atoms with E-state index in [1.165, 1.54) is 14.2 Å². The molecule has 2 heterocycles. The van der Waals surface area contributed by atoms with Gasteiger partial charge >= 0.3 is 11.9 Å². The summed E-state index contributed by atoms with van der Waals surface area (Å²) in [6.07, 6.45) is 0.214. The van der Waals surface area contributed by atoms with Gasteiger partial charge in [-0.2, -0.15) is 0 Å². The van der Waals surface area contributed by atoms with Gasteiger partial charge < -0.3 is 14.0 Å². The highest BCUT2D eigenvalue weighted by Gasteiger charge is 2.56. The Kier molecular flexibility index (Phi) is 4.58. The highest BCUT2D eigenvalue weighted by atomic mass is 35.5. The monoisotopic (exact) mass is 347 g/mol. The molecular weight excluding hydrogens is 329 g/mol. The van der Waals surface area contributed by atoms with Gasteiger partial charge in [-0.05, 0) is 26.6 Å². The molecule has 1 unspecified atom stereocenters. The van der Waals surface area contributed by atoms with Crippen molar-refractivity contribution in [3.05, 3.63) is 21.8 Å². The van der Waals surface area contributed by atoms with E-state index in [0.29, 0.717) is 10.6 Å². The van der Waals surface area contributed by atoms with Gasteiger partial charge in [0.05, 0.1) is 31.0 Å². The van der Waals surface area contributed by atoms with Crippen molar-refractivity contribution >= 4 is 30.8 Å². The zero-order chi connectivity index (χ0) is 16.8. The first-order valence-corrected chi connectivity index (χ1v) is 9.03. The van der Waals surface area contributed by atoms with Crippen LogP contribution in [0.15, 0.2) is 21.8 Å². The molecule has 8 heteroatoms. The van der Waals surface area contributed by atoms with E-state index in [-0.39, 0.29) is 17.3 Å². The van der Waals surface area contributed by atoms with Gasteiger partial charge in [0.15, 0.2) is 7.29 Å². The molecule has 3 aliphatic rings. The van der Waals surface area contributed by atoms with Crippen molar-refractivity contribution in [2.45, 2.75) is 12.6 Å². The van der Waals surface area contributed by atoms with Crippen LogP contribution in [-0.2, 0) is 23.6 Å². The Hall–Kier alpha value is -1.10. The molecule has 0 fully saturated rings. The van der Waals surface area contributed by atoms with Crippen molar-refractivity contribution in [3.63, 3.8) is 0 Å². The van der Waals surface area contributed by atoms with Crippen molar-refractivity contribution in [2.24, 2.45) is 5.92 Å². The number of esters is 2. The second-order valence-electron chi connectivity index (χ2n) is 5.58. The van der Waals surface area contributed by atoms with Crippen molar-refractivity contribution in [1.29, 1.82) is 0 Å². The van der Waals surface area contributed by atoms with Gasteiger partial charge in [0.25, 0.3) is 0 Å². The van der Waals surface area contributed by atoms with Crippen molar-refractivity contribution in [2.75, 3.05) is 34.5 Å². The van der Waals surface area contributed by atoms with Crippen LogP contribution in [-0.4, -0.2) is 56.7 Å². The summed E-state index contributed by atoms with van der Waals surface area (Å²) in [4.78, 5) is 24.4. The Morgan fingerprint density at radius 3 is 2.14 bits per heavy atom. The minimum Gasteiger partial charge on any atom is -0.466 e. The third-order valence-electron chi connectivity index (χ3n) is 4.34. The number of carbonyl (C=O) groups excluding carboxylic acids is 2. The first kappa shape index (κ1) is 17.3. The smallest absolute Gasteiger partial charge is 0.335 e. The van der Waals surface area contributed by atoms with E-state index >= 15 is 0 Å². The maximum Gasteiger partial charge on any atom is 0.335 e. The lowest BCUT2D eigenvalue weighted by Crippen LogP contribution is -2.43. The number of allylic oxidation sites excluding steroid dienone is 2. The molecule has 3 rings (SSSR count). The van der Waals surface area contributed by atoms with E-state index in [1.54, 1.807) is 25.7 Å². The molecule has 22 heavy (non-hydrogen) atoms. The Labute approximate surface area is 134 Å². The lowest BCUT2D eigenvalue weighted by molar-refractivity contribution is -0.139. The number of methoxy groups -OCH3 is 2. The molecule has 0 saturated carbocycles. The lowest BCUT2D eigenvalue weighted by Gasteiger charge is -2.46. The van der Waals surface area contributed by atoms with E-state index in [1.807, 2.05) is 0 Å². The summed E-state index contributed by atoms with van der Waals surface area (Å²) in [7, 11) is 2.95. The molecule has 0 radical (unpaired) electrons. The molecule has 0 aromatic rings. The fourth-order valence-corrected chi connectivity index (χ4v) is 6.97. The lowest BCUT2D eigenvalue weighted by atomic mass is 9.83. The van der Waals surface area contributed by atoms with Crippen LogP contribution in [0.2, 0.25) is 0 Å². The predicted molar refractivity (Wildman–Crippen MR) is 83.0 cm³/mol. The Bertz CT molecular complexity index is 652. The second kappa shape index (κ2) is 5.84. The summed E-state index contributed by atoms with van der Waals surface area (Å²) < 4.78 is 24.6. The van der Waals surface area contributed by atoms with Crippen molar-refractivity contribution < 1.29 is 23.6 Å². The van der Waals surface area contributed by atoms with Crippen molar-refractivity contribution in [1.82, 2.24) is 4.67 Å². The maximum absolute atomic E-state index is 13.4. The zero-order valence-electron chi connectivity index (χ0n) is 13.2. The van der Waals surface area contributed by atoms with Crippen LogP contribution in [0.4, 0.5) is 0 Å². The van der Waals surface area contributed by atoms with Gasteiger partial charge in [-0.25, -0.2) is 9.59 Å². The molecule has 0 aromatic carbocycles. The molecule has 0 spiro atoms. The first-order chi connectivity index (χ1) is 10.2. The van der Waals surface area contributed by atoms with Gasteiger partial charge in [-0.1, -0.05) is 11.6 Å². The van der Waals surface area contributed by atoms with E-state index in [4.69, 9.17) is 21.1 Å². The number of ether oxygens (including phenoxy) is 2. The van der Waals surface area contributed by atoms with Gasteiger partial charge in [-0.15, -0.1) is 0 Å². The molecule has 122 valence electrons. The van der Waals surface area contributed by atoms with Crippen LogP contribution in [0.5, 0.6) is 0 Å². The minimum absolute atomic E-state index is 0.115. The fourth-order valence-electron chi connectivity index (χ4n) is 3.21. The molecule has 0 amide bonds. The molecule has 1 aliphatic carbocycles. The number of rotatable bonds is 3. The Balaban J connectivity index is 2.77. The van der Waals surface area contributed by atoms with Crippen LogP contribution in [0, 0.1) is 5.92 Å². The average molecular weight is 348 g/mol. The van der Waals surface area contributed by atoms with Crippen LogP contribution < -0.4 is 0 Å². The standard InChI is InChI=1S/C14H19ClNO5P/c1-7-11(15)8-6-22(19,16(2)3)12(7)10(14(18)21-5)9(8)13(17)20-4/h8,12H,6H2,1-5H3/t8-,12-,22?/m0/s1. The molecule has 6 nitrogen and oxygen atoms in total. The second-order valence-corrected chi connectivity index (χ2v) is 9.18. The number of hydrogen-bond donors (Lipinski definition) is 0. The SMILES string of the molecule is COC(=O)C1=C(C(=O)OC)[C@@H]2C(C)=C(Cl)[C@H]1CP2(=O)N(C)C. The summed E-state index contributed by atoms with van der Waals surface area (Å²) in [5.74, 6) is -1.90.